The van der Waals surface area contributed by atoms with E-state index in [1.54, 1.807) is 6.07 Å². The van der Waals surface area contributed by atoms with Gasteiger partial charge in [-0.25, -0.2) is 4.79 Å². The number of aliphatic imine (C=N–C) groups is 1. The first-order valence-corrected chi connectivity index (χ1v) is 4.29. The fraction of sp³-hybridized carbons (Fsp3) is 0.300. The van der Waals surface area contributed by atoms with Crippen molar-refractivity contribution >= 4 is 11.8 Å². The Hall–Kier alpha value is -1.80. The van der Waals surface area contributed by atoms with Gasteiger partial charge in [0.1, 0.15) is 13.2 Å². The second-order valence-electron chi connectivity index (χ2n) is 2.99. The van der Waals surface area contributed by atoms with Gasteiger partial charge in [-0.2, -0.15) is 4.99 Å². The van der Waals surface area contributed by atoms with Crippen LogP contribution in [-0.2, 0) is 4.79 Å². The van der Waals surface area contributed by atoms with Crippen molar-refractivity contribution in [1.29, 1.82) is 0 Å². The zero-order valence-corrected chi connectivity index (χ0v) is 7.74. The van der Waals surface area contributed by atoms with Crippen molar-refractivity contribution in [2.24, 2.45) is 4.99 Å². The first kappa shape index (κ1) is 8.78. The predicted octanol–water partition coefficient (Wildman–Crippen LogP) is 1.73. The summed E-state index contributed by atoms with van der Waals surface area (Å²) in [6.45, 7) is 2.94. The molecule has 0 N–H and O–H groups in total. The van der Waals surface area contributed by atoms with Crippen LogP contribution in [0.5, 0.6) is 11.5 Å². The lowest BCUT2D eigenvalue weighted by Crippen LogP contribution is -2.15. The third-order valence-electron chi connectivity index (χ3n) is 2.03. The van der Waals surface area contributed by atoms with E-state index in [1.807, 2.05) is 13.0 Å². The quantitative estimate of drug-likeness (QED) is 0.501. The minimum atomic E-state index is 0.528. The summed E-state index contributed by atoms with van der Waals surface area (Å²) < 4.78 is 10.7. The van der Waals surface area contributed by atoms with Crippen LogP contribution in [0.15, 0.2) is 17.1 Å². The zero-order valence-electron chi connectivity index (χ0n) is 7.74. The first-order chi connectivity index (χ1) is 6.81. The lowest BCUT2D eigenvalue weighted by molar-refractivity contribution is 0.171. The smallest absolute Gasteiger partial charge is 0.240 e. The van der Waals surface area contributed by atoms with Crippen molar-refractivity contribution in [1.82, 2.24) is 0 Å². The molecule has 4 heteroatoms. The number of carbonyl (C=O) groups excluding carboxylic acids is 1. The molecule has 1 aliphatic heterocycles. The average Bonchev–Trinajstić information content (AvgIpc) is 2.19. The zero-order chi connectivity index (χ0) is 9.97. The highest BCUT2D eigenvalue weighted by Crippen LogP contribution is 2.36. The van der Waals surface area contributed by atoms with Crippen LogP contribution in [0.1, 0.15) is 5.56 Å². The number of hydrogen-bond acceptors (Lipinski definition) is 4. The fourth-order valence-electron chi connectivity index (χ4n) is 1.35. The van der Waals surface area contributed by atoms with Crippen LogP contribution in [0.2, 0.25) is 0 Å². The highest BCUT2D eigenvalue weighted by Gasteiger charge is 2.13. The van der Waals surface area contributed by atoms with Gasteiger partial charge in [-0.15, -0.1) is 0 Å². The van der Waals surface area contributed by atoms with Crippen molar-refractivity contribution in [3.8, 4) is 11.5 Å². The monoisotopic (exact) mass is 191 g/mol. The number of nitrogens with zero attached hydrogens (tertiary/aromatic N) is 1. The van der Waals surface area contributed by atoms with Gasteiger partial charge in [0.15, 0.2) is 11.5 Å². The van der Waals surface area contributed by atoms with Crippen LogP contribution in [-0.4, -0.2) is 19.3 Å². The largest absolute Gasteiger partial charge is 0.486 e. The van der Waals surface area contributed by atoms with E-state index in [4.69, 9.17) is 9.47 Å². The third-order valence-corrected chi connectivity index (χ3v) is 2.03. The molecule has 0 unspecified atom stereocenters. The maximum atomic E-state index is 10.1. The maximum absolute atomic E-state index is 10.1. The molecule has 14 heavy (non-hydrogen) atoms. The van der Waals surface area contributed by atoms with E-state index in [1.165, 1.54) is 6.08 Å². The van der Waals surface area contributed by atoms with Gasteiger partial charge in [-0.05, 0) is 18.6 Å². The Balaban J connectivity index is 2.50. The van der Waals surface area contributed by atoms with Crippen LogP contribution in [0, 0.1) is 6.92 Å². The van der Waals surface area contributed by atoms with E-state index in [-0.39, 0.29) is 0 Å². The van der Waals surface area contributed by atoms with E-state index < -0.39 is 0 Å². The van der Waals surface area contributed by atoms with Crippen LogP contribution in [0.25, 0.3) is 0 Å². The molecule has 72 valence electrons. The molecule has 0 amide bonds. The molecular weight excluding hydrogens is 182 g/mol. The standard InChI is InChI=1S/C10H9NO3/c1-7-4-9-10(14-3-2-13-9)5-8(7)11-6-12/h4-5H,2-3H2,1H3. The fourth-order valence-corrected chi connectivity index (χ4v) is 1.35. The molecule has 0 spiro atoms. The van der Waals surface area contributed by atoms with Crippen LogP contribution < -0.4 is 9.47 Å². The number of isocyanates is 1. The number of rotatable bonds is 1. The van der Waals surface area contributed by atoms with E-state index in [2.05, 4.69) is 4.99 Å². The second kappa shape index (κ2) is 3.52. The van der Waals surface area contributed by atoms with Crippen molar-refractivity contribution < 1.29 is 14.3 Å². The summed E-state index contributed by atoms with van der Waals surface area (Å²) in [5.74, 6) is 1.34. The van der Waals surface area contributed by atoms with Crippen molar-refractivity contribution in [3.63, 3.8) is 0 Å². The van der Waals surface area contributed by atoms with E-state index >= 15 is 0 Å². The molecule has 0 aliphatic carbocycles. The lowest BCUT2D eigenvalue weighted by Gasteiger charge is -2.19. The van der Waals surface area contributed by atoms with Crippen LogP contribution in [0.3, 0.4) is 0 Å². The Bertz CT molecular complexity index is 408. The van der Waals surface area contributed by atoms with E-state index in [0.717, 1.165) is 5.56 Å². The summed E-state index contributed by atoms with van der Waals surface area (Å²) >= 11 is 0. The number of aryl methyl sites for hydroxylation is 1. The molecule has 1 aromatic rings. The van der Waals surface area contributed by atoms with Gasteiger partial charge in [-0.1, -0.05) is 0 Å². The Morgan fingerprint density at radius 2 is 1.93 bits per heavy atom. The van der Waals surface area contributed by atoms with Gasteiger partial charge in [0.25, 0.3) is 0 Å². The molecule has 0 fully saturated rings. The van der Waals surface area contributed by atoms with E-state index in [0.29, 0.717) is 30.4 Å². The minimum Gasteiger partial charge on any atom is -0.486 e. The highest BCUT2D eigenvalue weighted by molar-refractivity contribution is 5.60. The number of fused-ring (bicyclic) bond motifs is 1. The van der Waals surface area contributed by atoms with Gasteiger partial charge in [0, 0.05) is 6.07 Å². The van der Waals surface area contributed by atoms with Gasteiger partial charge >= 0.3 is 0 Å². The molecule has 0 saturated carbocycles. The molecule has 0 atom stereocenters. The van der Waals surface area contributed by atoms with Gasteiger partial charge in [-0.3, -0.25) is 0 Å². The Morgan fingerprint density at radius 3 is 2.57 bits per heavy atom. The Kier molecular flexibility index (Phi) is 2.21. The molecule has 1 aliphatic rings. The summed E-state index contributed by atoms with van der Waals surface area (Å²) in [5, 5.41) is 0. The Labute approximate surface area is 81.2 Å². The van der Waals surface area contributed by atoms with Gasteiger partial charge < -0.3 is 9.47 Å². The van der Waals surface area contributed by atoms with Crippen molar-refractivity contribution in [2.75, 3.05) is 13.2 Å². The maximum Gasteiger partial charge on any atom is 0.240 e. The molecule has 1 aromatic carbocycles. The van der Waals surface area contributed by atoms with Gasteiger partial charge in [0.2, 0.25) is 6.08 Å². The molecule has 0 aromatic heterocycles. The SMILES string of the molecule is Cc1cc2c(cc1N=C=O)OCCO2. The van der Waals surface area contributed by atoms with E-state index in [9.17, 15) is 4.79 Å². The summed E-state index contributed by atoms with van der Waals surface area (Å²) in [7, 11) is 0. The number of ether oxygens (including phenoxy) is 2. The molecule has 2 rings (SSSR count). The number of benzene rings is 1. The molecule has 0 saturated heterocycles. The second-order valence-corrected chi connectivity index (χ2v) is 2.99. The van der Waals surface area contributed by atoms with Crippen LogP contribution in [0.4, 0.5) is 5.69 Å². The van der Waals surface area contributed by atoms with Crippen LogP contribution >= 0.6 is 0 Å². The average molecular weight is 191 g/mol. The molecule has 0 bridgehead atoms. The third kappa shape index (κ3) is 1.47. The summed E-state index contributed by atoms with van der Waals surface area (Å²) in [6.07, 6.45) is 1.51. The molecule has 1 heterocycles. The first-order valence-electron chi connectivity index (χ1n) is 4.29. The highest BCUT2D eigenvalue weighted by atomic mass is 16.6. The molecule has 4 nitrogen and oxygen atoms in total. The predicted molar refractivity (Wildman–Crippen MR) is 50.0 cm³/mol. The molecule has 0 radical (unpaired) electrons. The number of hydrogen-bond donors (Lipinski definition) is 0. The van der Waals surface area contributed by atoms with Gasteiger partial charge in [0.05, 0.1) is 5.69 Å². The summed E-state index contributed by atoms with van der Waals surface area (Å²) in [6, 6.07) is 3.50. The summed E-state index contributed by atoms with van der Waals surface area (Å²) in [5.41, 5.74) is 1.45. The normalized spacial score (nSPS) is 13.2. The lowest BCUT2D eigenvalue weighted by atomic mass is 10.2. The van der Waals surface area contributed by atoms with Crippen molar-refractivity contribution in [3.05, 3.63) is 17.7 Å². The minimum absolute atomic E-state index is 0.528. The topological polar surface area (TPSA) is 47.9 Å². The Morgan fingerprint density at radius 1 is 1.29 bits per heavy atom. The molecular formula is C10H9NO3. The van der Waals surface area contributed by atoms with Crippen molar-refractivity contribution in [2.45, 2.75) is 6.92 Å². The summed E-state index contributed by atoms with van der Waals surface area (Å²) in [4.78, 5) is 13.7.